The molecule has 1 saturated carbocycles. The second-order valence-electron chi connectivity index (χ2n) is 10.2. The summed E-state index contributed by atoms with van der Waals surface area (Å²) < 4.78 is 10.6. The predicted octanol–water partition coefficient (Wildman–Crippen LogP) is 4.34. The second kappa shape index (κ2) is 12.5. The van der Waals surface area contributed by atoms with Crippen molar-refractivity contribution in [2.24, 2.45) is 10.4 Å². The molecule has 1 fully saturated rings. The quantitative estimate of drug-likeness (QED) is 0.317. The third kappa shape index (κ3) is 9.14. The lowest BCUT2D eigenvalue weighted by Crippen LogP contribution is -2.50. The van der Waals surface area contributed by atoms with Gasteiger partial charge in [0, 0.05) is 5.56 Å². The Balaban J connectivity index is 2.27. The molecule has 0 saturated heterocycles. The molecule has 0 aliphatic heterocycles. The summed E-state index contributed by atoms with van der Waals surface area (Å²) in [6.07, 6.45) is 2.89. The molecule has 0 bridgehead atoms. The molecule has 1 aromatic carbocycles. The molecule has 1 aliphatic carbocycles. The van der Waals surface area contributed by atoms with Crippen LogP contribution in [0.15, 0.2) is 35.3 Å². The van der Waals surface area contributed by atoms with Gasteiger partial charge < -0.3 is 14.8 Å². The fourth-order valence-electron chi connectivity index (χ4n) is 3.82. The number of aliphatic imine (C=N–C) groups is 1. The summed E-state index contributed by atoms with van der Waals surface area (Å²) in [5.41, 5.74) is -0.406. The van der Waals surface area contributed by atoms with Crippen LogP contribution in [-0.2, 0) is 14.3 Å². The highest BCUT2D eigenvalue weighted by molar-refractivity contribution is 6.07. The van der Waals surface area contributed by atoms with Crippen LogP contribution in [0.25, 0.3) is 0 Å². The number of nitriles is 1. The van der Waals surface area contributed by atoms with Gasteiger partial charge in [0.25, 0.3) is 0 Å². The molecule has 8 heteroatoms. The van der Waals surface area contributed by atoms with Gasteiger partial charge in [0.05, 0.1) is 18.8 Å². The van der Waals surface area contributed by atoms with Crippen LogP contribution >= 0.6 is 0 Å². The van der Waals surface area contributed by atoms with Gasteiger partial charge in [-0.3, -0.25) is 15.1 Å². The number of carbonyl (C=O) groups is 2. The summed E-state index contributed by atoms with van der Waals surface area (Å²) in [6.45, 7) is 10.3. The van der Waals surface area contributed by atoms with Gasteiger partial charge in [-0.2, -0.15) is 5.26 Å². The molecule has 0 heterocycles. The maximum atomic E-state index is 13.3. The van der Waals surface area contributed by atoms with Crippen molar-refractivity contribution < 1.29 is 19.1 Å². The van der Waals surface area contributed by atoms with Crippen LogP contribution in [0.3, 0.4) is 0 Å². The highest BCUT2D eigenvalue weighted by Gasteiger charge is 2.38. The zero-order valence-corrected chi connectivity index (χ0v) is 21.0. The highest BCUT2D eigenvalue weighted by Crippen LogP contribution is 2.30. The molecule has 0 spiro atoms. The van der Waals surface area contributed by atoms with E-state index in [1.165, 1.54) is 0 Å². The minimum Gasteiger partial charge on any atom is -0.447 e. The second-order valence-corrected chi connectivity index (χ2v) is 10.2. The third-order valence-electron chi connectivity index (χ3n) is 5.46. The number of amides is 2. The number of hydrogen-bond donors (Lipinski definition) is 2. The fraction of sp³-hybridized carbons (Fsp3) is 0.615. The predicted molar refractivity (Wildman–Crippen MR) is 131 cm³/mol. The minimum absolute atomic E-state index is 0.0429. The zero-order valence-electron chi connectivity index (χ0n) is 21.0. The van der Waals surface area contributed by atoms with Gasteiger partial charge in [0.1, 0.15) is 24.0 Å². The molecule has 2 amide bonds. The number of rotatable bonds is 9. The van der Waals surface area contributed by atoms with Gasteiger partial charge in [-0.15, -0.1) is 0 Å². The number of carbonyl (C=O) groups excluding carboxylic acids is 2. The Morgan fingerprint density at radius 1 is 1.15 bits per heavy atom. The van der Waals surface area contributed by atoms with Crippen LogP contribution in [0.5, 0.6) is 0 Å². The molecule has 1 aliphatic rings. The lowest BCUT2D eigenvalue weighted by Gasteiger charge is -2.28. The molecule has 0 radical (unpaired) electrons. The van der Waals surface area contributed by atoms with Crippen LogP contribution in [0.2, 0.25) is 0 Å². The summed E-state index contributed by atoms with van der Waals surface area (Å²) in [4.78, 5) is 30.5. The summed E-state index contributed by atoms with van der Waals surface area (Å²) in [5.74, 6) is -0.0653. The van der Waals surface area contributed by atoms with Crippen molar-refractivity contribution in [2.75, 3.05) is 13.2 Å². The van der Waals surface area contributed by atoms with E-state index in [1.54, 1.807) is 12.1 Å². The maximum absolute atomic E-state index is 13.3. The summed E-state index contributed by atoms with van der Waals surface area (Å²) >= 11 is 0. The van der Waals surface area contributed by atoms with Crippen LogP contribution < -0.4 is 10.6 Å². The van der Waals surface area contributed by atoms with Crippen molar-refractivity contribution in [2.45, 2.75) is 84.4 Å². The smallest absolute Gasteiger partial charge is 0.412 e. The Bertz CT molecular complexity index is 878. The molecule has 1 aromatic rings. The van der Waals surface area contributed by atoms with Gasteiger partial charge in [-0.1, -0.05) is 51.1 Å². The molecule has 0 aromatic heterocycles. The molecule has 0 unspecified atom stereocenters. The van der Waals surface area contributed by atoms with E-state index in [0.29, 0.717) is 24.8 Å². The first kappa shape index (κ1) is 27.3. The number of nitrogens with zero attached hydrogens (tertiary/aromatic N) is 2. The molecule has 2 N–H and O–H groups in total. The van der Waals surface area contributed by atoms with Gasteiger partial charge in [0.15, 0.2) is 0 Å². The van der Waals surface area contributed by atoms with Crippen molar-refractivity contribution >= 4 is 17.8 Å². The molecular formula is C26H38N4O4. The van der Waals surface area contributed by atoms with Gasteiger partial charge in [-0.05, 0) is 51.4 Å². The van der Waals surface area contributed by atoms with E-state index in [4.69, 9.17) is 9.47 Å². The Morgan fingerprint density at radius 3 is 2.35 bits per heavy atom. The van der Waals surface area contributed by atoms with Gasteiger partial charge >= 0.3 is 6.09 Å². The van der Waals surface area contributed by atoms with E-state index in [-0.39, 0.29) is 36.5 Å². The molecule has 1 atom stereocenters. The van der Waals surface area contributed by atoms with E-state index >= 15 is 0 Å². The SMILES string of the molecule is CC(C)OCCOC(=O)NC(=N[C@@H](CC(C)(C)C)C(=O)NC1(C#N)CCCC1)c1ccccc1. The van der Waals surface area contributed by atoms with Crippen LogP contribution in [-0.4, -0.2) is 48.7 Å². The molecule has 2 rings (SSSR count). The highest BCUT2D eigenvalue weighted by atomic mass is 16.6. The Labute approximate surface area is 203 Å². The lowest BCUT2D eigenvalue weighted by molar-refractivity contribution is -0.124. The van der Waals surface area contributed by atoms with E-state index < -0.39 is 17.7 Å². The fourth-order valence-corrected chi connectivity index (χ4v) is 3.82. The average Bonchev–Trinajstić information content (AvgIpc) is 3.24. The number of hydrogen-bond acceptors (Lipinski definition) is 6. The van der Waals surface area contributed by atoms with Crippen molar-refractivity contribution in [3.63, 3.8) is 0 Å². The molecule has 186 valence electrons. The number of benzene rings is 1. The van der Waals surface area contributed by atoms with E-state index in [1.807, 2.05) is 52.8 Å². The van der Waals surface area contributed by atoms with Gasteiger partial charge in [-0.25, -0.2) is 4.79 Å². The zero-order chi connectivity index (χ0) is 25.2. The monoisotopic (exact) mass is 470 g/mol. The first-order valence-electron chi connectivity index (χ1n) is 12.0. The standard InChI is InChI=1S/C26H38N4O4/c1-19(2)33-15-16-34-24(32)29-22(20-11-7-6-8-12-20)28-21(17-25(3,4)5)23(31)30-26(18-27)13-9-10-14-26/h6-8,11-12,19,21H,9-10,13-17H2,1-5H3,(H,30,31)(H,28,29,32)/t21-/m0/s1. The van der Waals surface area contributed by atoms with Crippen molar-refractivity contribution in [1.82, 2.24) is 10.6 Å². The van der Waals surface area contributed by atoms with E-state index in [2.05, 4.69) is 21.7 Å². The first-order valence-corrected chi connectivity index (χ1v) is 12.0. The Kier molecular flexibility index (Phi) is 10.1. The van der Waals surface area contributed by atoms with Crippen LogP contribution in [0.1, 0.15) is 72.3 Å². The third-order valence-corrected chi connectivity index (χ3v) is 5.46. The minimum atomic E-state index is -0.849. The number of nitrogens with one attached hydrogen (secondary N) is 2. The maximum Gasteiger partial charge on any atom is 0.412 e. The summed E-state index contributed by atoms with van der Waals surface area (Å²) in [5, 5.41) is 15.4. The van der Waals surface area contributed by atoms with E-state index in [9.17, 15) is 14.9 Å². The summed E-state index contributed by atoms with van der Waals surface area (Å²) in [7, 11) is 0. The number of ether oxygens (including phenoxy) is 2. The Hall–Kier alpha value is -2.92. The number of alkyl carbamates (subject to hydrolysis) is 1. The molecular weight excluding hydrogens is 432 g/mol. The normalized spacial score (nSPS) is 16.6. The van der Waals surface area contributed by atoms with Crippen molar-refractivity contribution in [3.05, 3.63) is 35.9 Å². The average molecular weight is 471 g/mol. The first-order chi connectivity index (χ1) is 16.0. The molecule has 8 nitrogen and oxygen atoms in total. The number of amidine groups is 1. The van der Waals surface area contributed by atoms with Crippen LogP contribution in [0.4, 0.5) is 4.79 Å². The van der Waals surface area contributed by atoms with Crippen molar-refractivity contribution in [3.8, 4) is 6.07 Å². The largest absolute Gasteiger partial charge is 0.447 e. The van der Waals surface area contributed by atoms with Gasteiger partial charge in [0.2, 0.25) is 5.91 Å². The van der Waals surface area contributed by atoms with Crippen LogP contribution in [0, 0.1) is 16.7 Å². The topological polar surface area (TPSA) is 113 Å². The lowest BCUT2D eigenvalue weighted by atomic mass is 9.87. The Morgan fingerprint density at radius 2 is 1.79 bits per heavy atom. The molecule has 34 heavy (non-hydrogen) atoms. The van der Waals surface area contributed by atoms with Crippen molar-refractivity contribution in [1.29, 1.82) is 5.26 Å². The summed E-state index contributed by atoms with van der Waals surface area (Å²) in [6, 6.07) is 10.6. The van der Waals surface area contributed by atoms with E-state index in [0.717, 1.165) is 12.8 Å².